The topological polar surface area (TPSA) is 84.3 Å². The van der Waals surface area contributed by atoms with Crippen LogP contribution >= 0.6 is 0 Å². The molecule has 8 heteroatoms. The summed E-state index contributed by atoms with van der Waals surface area (Å²) in [7, 11) is -1.69. The molecule has 1 fully saturated rings. The van der Waals surface area contributed by atoms with E-state index in [0.717, 1.165) is 11.4 Å². The SMILES string of the molecule is Cn1ccnc1CNC(=O)C1(Cc2ccccc2)CCN(S(=O)(=O)c2ccccc2)CC1. The van der Waals surface area contributed by atoms with Crippen molar-refractivity contribution in [3.63, 3.8) is 0 Å². The van der Waals surface area contributed by atoms with Gasteiger partial charge < -0.3 is 9.88 Å². The van der Waals surface area contributed by atoms with Gasteiger partial charge in [-0.3, -0.25) is 4.79 Å². The molecule has 2 aromatic carbocycles. The Labute approximate surface area is 189 Å². The van der Waals surface area contributed by atoms with E-state index >= 15 is 0 Å². The third-order valence-corrected chi connectivity index (χ3v) is 8.17. The van der Waals surface area contributed by atoms with Crippen molar-refractivity contribution in [1.82, 2.24) is 19.2 Å². The number of benzene rings is 2. The summed E-state index contributed by atoms with van der Waals surface area (Å²) in [6.07, 6.45) is 5.03. The summed E-state index contributed by atoms with van der Waals surface area (Å²) in [6.45, 7) is 0.949. The monoisotopic (exact) mass is 452 g/mol. The van der Waals surface area contributed by atoms with Crippen LogP contribution in [-0.2, 0) is 34.8 Å². The van der Waals surface area contributed by atoms with E-state index in [4.69, 9.17) is 0 Å². The van der Waals surface area contributed by atoms with Crippen molar-refractivity contribution in [1.29, 1.82) is 0 Å². The first-order chi connectivity index (χ1) is 15.4. The molecule has 0 bridgehead atoms. The summed E-state index contributed by atoms with van der Waals surface area (Å²) >= 11 is 0. The molecule has 1 N–H and O–H groups in total. The highest BCUT2D eigenvalue weighted by molar-refractivity contribution is 7.89. The summed E-state index contributed by atoms with van der Waals surface area (Å²) in [6, 6.07) is 18.4. The standard InChI is InChI=1S/C24H28N4O3S/c1-27-17-14-25-22(27)19-26-23(29)24(18-20-8-4-2-5-9-20)12-15-28(16-13-24)32(30,31)21-10-6-3-7-11-21/h2-11,14,17H,12-13,15-16,18-19H2,1H3,(H,26,29). The summed E-state index contributed by atoms with van der Waals surface area (Å²) in [5, 5.41) is 3.05. The average Bonchev–Trinajstić information content (AvgIpc) is 3.23. The maximum Gasteiger partial charge on any atom is 0.243 e. The lowest BCUT2D eigenvalue weighted by atomic mass is 9.73. The Hall–Kier alpha value is -2.97. The molecule has 1 aliphatic rings. The molecule has 0 aliphatic carbocycles. The Morgan fingerprint density at radius 1 is 1.03 bits per heavy atom. The van der Waals surface area contributed by atoms with E-state index < -0.39 is 15.4 Å². The number of nitrogens with one attached hydrogen (secondary N) is 1. The van der Waals surface area contributed by atoms with E-state index in [9.17, 15) is 13.2 Å². The van der Waals surface area contributed by atoms with Crippen molar-refractivity contribution in [2.24, 2.45) is 12.5 Å². The smallest absolute Gasteiger partial charge is 0.243 e. The Morgan fingerprint density at radius 2 is 1.66 bits per heavy atom. The van der Waals surface area contributed by atoms with Crippen molar-refractivity contribution in [3.05, 3.63) is 84.4 Å². The Kier molecular flexibility index (Phi) is 6.43. The van der Waals surface area contributed by atoms with Crippen LogP contribution in [0.4, 0.5) is 0 Å². The van der Waals surface area contributed by atoms with Gasteiger partial charge in [0.05, 0.1) is 16.9 Å². The van der Waals surface area contributed by atoms with Gasteiger partial charge in [0.2, 0.25) is 15.9 Å². The first-order valence-electron chi connectivity index (χ1n) is 10.7. The summed E-state index contributed by atoms with van der Waals surface area (Å²) in [4.78, 5) is 18.0. The highest BCUT2D eigenvalue weighted by Gasteiger charge is 2.43. The normalized spacial score (nSPS) is 16.5. The van der Waals surface area contributed by atoms with E-state index in [1.807, 2.05) is 48.1 Å². The lowest BCUT2D eigenvalue weighted by Crippen LogP contribution is -2.51. The van der Waals surface area contributed by atoms with Gasteiger partial charge in [-0.2, -0.15) is 4.31 Å². The third-order valence-electron chi connectivity index (χ3n) is 6.26. The molecule has 7 nitrogen and oxygen atoms in total. The van der Waals surface area contributed by atoms with E-state index in [2.05, 4.69) is 10.3 Å². The van der Waals surface area contributed by atoms with Crippen LogP contribution in [0, 0.1) is 5.41 Å². The van der Waals surface area contributed by atoms with Crippen LogP contribution in [0.5, 0.6) is 0 Å². The average molecular weight is 453 g/mol. The van der Waals surface area contributed by atoms with Crippen molar-refractivity contribution in [3.8, 4) is 0 Å². The molecule has 1 amide bonds. The maximum absolute atomic E-state index is 13.4. The second-order valence-electron chi connectivity index (χ2n) is 8.30. The number of carbonyl (C=O) groups is 1. The van der Waals surface area contributed by atoms with Crippen LogP contribution in [0.25, 0.3) is 0 Å². The first-order valence-corrected chi connectivity index (χ1v) is 12.2. The largest absolute Gasteiger partial charge is 0.348 e. The molecule has 168 valence electrons. The summed E-state index contributed by atoms with van der Waals surface area (Å²) < 4.78 is 29.5. The van der Waals surface area contributed by atoms with E-state index in [1.54, 1.807) is 36.5 Å². The van der Waals surface area contributed by atoms with Crippen LogP contribution < -0.4 is 5.32 Å². The minimum atomic E-state index is -3.58. The minimum absolute atomic E-state index is 0.0545. The van der Waals surface area contributed by atoms with Gasteiger partial charge >= 0.3 is 0 Å². The van der Waals surface area contributed by atoms with Gasteiger partial charge in [-0.25, -0.2) is 13.4 Å². The molecule has 2 heterocycles. The van der Waals surface area contributed by atoms with Crippen LogP contribution in [0.3, 0.4) is 0 Å². The first kappa shape index (κ1) is 22.2. The van der Waals surface area contributed by atoms with Crippen molar-refractivity contribution in [2.45, 2.75) is 30.7 Å². The second-order valence-corrected chi connectivity index (χ2v) is 10.2. The van der Waals surface area contributed by atoms with E-state index in [-0.39, 0.29) is 10.8 Å². The fraction of sp³-hybridized carbons (Fsp3) is 0.333. The Morgan fingerprint density at radius 3 is 2.25 bits per heavy atom. The van der Waals surface area contributed by atoms with Crippen molar-refractivity contribution in [2.75, 3.05) is 13.1 Å². The lowest BCUT2D eigenvalue weighted by molar-refractivity contribution is -0.133. The molecule has 0 spiro atoms. The number of amides is 1. The molecule has 32 heavy (non-hydrogen) atoms. The quantitative estimate of drug-likeness (QED) is 0.597. The maximum atomic E-state index is 13.4. The number of rotatable bonds is 7. The fourth-order valence-electron chi connectivity index (χ4n) is 4.28. The van der Waals surface area contributed by atoms with Crippen LogP contribution in [-0.4, -0.2) is 41.3 Å². The van der Waals surface area contributed by atoms with Crippen LogP contribution in [0.1, 0.15) is 24.2 Å². The third kappa shape index (κ3) is 4.61. The van der Waals surface area contributed by atoms with Crippen molar-refractivity contribution < 1.29 is 13.2 Å². The molecule has 0 atom stereocenters. The molecule has 0 radical (unpaired) electrons. The number of sulfonamides is 1. The Balaban J connectivity index is 1.53. The molecule has 1 aliphatic heterocycles. The van der Waals surface area contributed by atoms with Gasteiger partial charge in [-0.05, 0) is 37.0 Å². The highest BCUT2D eigenvalue weighted by atomic mass is 32.2. The zero-order chi connectivity index (χ0) is 22.6. The summed E-state index contributed by atoms with van der Waals surface area (Å²) in [5.74, 6) is 0.721. The summed E-state index contributed by atoms with van der Waals surface area (Å²) in [5.41, 5.74) is 0.397. The Bertz CT molecular complexity index is 1150. The molecular weight excluding hydrogens is 424 g/mol. The predicted octanol–water partition coefficient (Wildman–Crippen LogP) is 2.75. The van der Waals surface area contributed by atoms with E-state index in [0.29, 0.717) is 38.9 Å². The number of nitrogens with zero attached hydrogens (tertiary/aromatic N) is 3. The van der Waals surface area contributed by atoms with Gasteiger partial charge in [0, 0.05) is 32.5 Å². The number of piperidine rings is 1. The fourth-order valence-corrected chi connectivity index (χ4v) is 5.74. The van der Waals surface area contributed by atoms with Gasteiger partial charge in [-0.15, -0.1) is 0 Å². The van der Waals surface area contributed by atoms with Gasteiger partial charge in [0.25, 0.3) is 0 Å². The molecule has 3 aromatic rings. The van der Waals surface area contributed by atoms with Crippen molar-refractivity contribution >= 4 is 15.9 Å². The molecule has 4 rings (SSSR count). The highest BCUT2D eigenvalue weighted by Crippen LogP contribution is 2.37. The van der Waals surface area contributed by atoms with Crippen LogP contribution in [0.2, 0.25) is 0 Å². The second kappa shape index (κ2) is 9.26. The number of hydrogen-bond donors (Lipinski definition) is 1. The number of aryl methyl sites for hydroxylation is 1. The predicted molar refractivity (Wildman–Crippen MR) is 122 cm³/mol. The van der Waals surface area contributed by atoms with Gasteiger partial charge in [-0.1, -0.05) is 48.5 Å². The number of aromatic nitrogens is 2. The van der Waals surface area contributed by atoms with Crippen LogP contribution in [0.15, 0.2) is 78.0 Å². The molecule has 1 aromatic heterocycles. The molecule has 0 unspecified atom stereocenters. The van der Waals surface area contributed by atoms with E-state index in [1.165, 1.54) is 4.31 Å². The zero-order valence-electron chi connectivity index (χ0n) is 18.1. The number of carbonyl (C=O) groups excluding carboxylic acids is 1. The minimum Gasteiger partial charge on any atom is -0.348 e. The van der Waals surface area contributed by atoms with Gasteiger partial charge in [0.15, 0.2) is 0 Å². The molecule has 1 saturated heterocycles. The number of hydrogen-bond acceptors (Lipinski definition) is 4. The lowest BCUT2D eigenvalue weighted by Gasteiger charge is -2.40. The molecule has 0 saturated carbocycles. The zero-order valence-corrected chi connectivity index (χ0v) is 19.0. The number of imidazole rings is 1. The molecular formula is C24H28N4O3S. The van der Waals surface area contributed by atoms with Gasteiger partial charge in [0.1, 0.15) is 5.82 Å².